The Labute approximate surface area is 104 Å². The van der Waals surface area contributed by atoms with Gasteiger partial charge in [0.1, 0.15) is 6.10 Å². The lowest BCUT2D eigenvalue weighted by Gasteiger charge is -2.17. The van der Waals surface area contributed by atoms with Crippen LogP contribution >= 0.6 is 0 Å². The van der Waals surface area contributed by atoms with E-state index in [0.717, 1.165) is 11.1 Å². The topological polar surface area (TPSA) is 61.3 Å². The molecule has 1 aromatic rings. The van der Waals surface area contributed by atoms with Crippen molar-refractivity contribution >= 4 is 5.97 Å². The third-order valence-electron chi connectivity index (χ3n) is 2.38. The largest absolute Gasteiger partial charge is 0.490 e. The van der Waals surface area contributed by atoms with Crippen LogP contribution in [0.1, 0.15) is 29.7 Å². The van der Waals surface area contributed by atoms with Crippen molar-refractivity contribution in [3.63, 3.8) is 0 Å². The van der Waals surface area contributed by atoms with Gasteiger partial charge in [-0.25, -0.2) is 4.79 Å². The Morgan fingerprint density at radius 2 is 1.83 bits per heavy atom. The van der Waals surface area contributed by atoms with Crippen LogP contribution in [0.2, 0.25) is 0 Å². The first-order valence-electron chi connectivity index (χ1n) is 5.06. The molecule has 0 bridgehead atoms. The number of aryl methyl sites for hydroxylation is 2. The second-order valence-corrected chi connectivity index (χ2v) is 3.91. The van der Waals surface area contributed by atoms with Crippen molar-refractivity contribution in [1.82, 2.24) is 6.15 Å². The molecule has 0 aromatic heterocycles. The fourth-order valence-electron chi connectivity index (χ4n) is 1.57. The summed E-state index contributed by atoms with van der Waals surface area (Å²) in [6.07, 6.45) is -5.86. The third-order valence-corrected chi connectivity index (χ3v) is 2.38. The van der Waals surface area contributed by atoms with Crippen molar-refractivity contribution in [1.29, 1.82) is 0 Å². The van der Waals surface area contributed by atoms with Crippen LogP contribution in [0.3, 0.4) is 0 Å². The molecule has 1 unspecified atom stereocenters. The van der Waals surface area contributed by atoms with E-state index < -0.39 is 18.2 Å². The molecule has 0 aliphatic carbocycles. The van der Waals surface area contributed by atoms with Gasteiger partial charge < -0.3 is 10.9 Å². The highest BCUT2D eigenvalue weighted by atomic mass is 19.4. The van der Waals surface area contributed by atoms with Gasteiger partial charge in [0, 0.05) is 0 Å². The van der Waals surface area contributed by atoms with E-state index in [1.54, 1.807) is 19.1 Å². The van der Waals surface area contributed by atoms with Crippen LogP contribution in [-0.2, 0) is 9.53 Å². The Hall–Kier alpha value is -1.56. The van der Waals surface area contributed by atoms with E-state index in [4.69, 9.17) is 0 Å². The van der Waals surface area contributed by atoms with E-state index in [1.165, 1.54) is 6.92 Å². The maximum atomic E-state index is 12.0. The minimum Gasteiger partial charge on any atom is -0.451 e. The summed E-state index contributed by atoms with van der Waals surface area (Å²) in [5.41, 5.74) is 2.38. The van der Waals surface area contributed by atoms with E-state index in [-0.39, 0.29) is 6.15 Å². The van der Waals surface area contributed by atoms with Gasteiger partial charge in [-0.3, -0.25) is 0 Å². The number of rotatable bonds is 2. The molecule has 0 heterocycles. The van der Waals surface area contributed by atoms with Gasteiger partial charge in [0.05, 0.1) is 0 Å². The Morgan fingerprint density at radius 3 is 2.28 bits per heavy atom. The van der Waals surface area contributed by atoms with Crippen LogP contribution in [0.5, 0.6) is 0 Å². The number of halogens is 3. The monoisotopic (exact) mass is 263 g/mol. The van der Waals surface area contributed by atoms with E-state index >= 15 is 0 Å². The average Bonchev–Trinajstić information content (AvgIpc) is 2.15. The first-order valence-corrected chi connectivity index (χ1v) is 5.06. The number of esters is 1. The number of carbonyl (C=O) groups is 1. The lowest BCUT2D eigenvalue weighted by atomic mass is 10.0. The molecule has 102 valence electrons. The van der Waals surface area contributed by atoms with E-state index in [0.29, 0.717) is 5.56 Å². The number of hydrogen-bond donors (Lipinski definition) is 1. The Balaban J connectivity index is 0.00000289. The number of alkyl halides is 3. The molecular weight excluding hydrogens is 247 g/mol. The van der Waals surface area contributed by atoms with Crippen LogP contribution in [0.15, 0.2) is 18.2 Å². The predicted octanol–water partition coefficient (Wildman–Crippen LogP) is 3.63. The van der Waals surface area contributed by atoms with Crippen molar-refractivity contribution in [3.8, 4) is 0 Å². The molecule has 1 rings (SSSR count). The molecule has 0 fully saturated rings. The SMILES string of the molecule is Cc1ccc(C(C)OC(=O)C(F)(F)F)c(C)c1.N. The van der Waals surface area contributed by atoms with Gasteiger partial charge in [-0.1, -0.05) is 23.8 Å². The van der Waals surface area contributed by atoms with Crippen LogP contribution in [0.25, 0.3) is 0 Å². The average molecular weight is 263 g/mol. The standard InChI is InChI=1S/C12H13F3O2.H3N/c1-7-4-5-10(8(2)6-7)9(3)17-11(16)12(13,14)15;/h4-6,9H,1-3H3;1H3. The van der Waals surface area contributed by atoms with Gasteiger partial charge in [-0.2, -0.15) is 13.2 Å². The number of benzene rings is 1. The van der Waals surface area contributed by atoms with E-state index in [9.17, 15) is 18.0 Å². The zero-order chi connectivity index (χ0) is 13.2. The lowest BCUT2D eigenvalue weighted by Crippen LogP contribution is -2.26. The summed E-state index contributed by atoms with van der Waals surface area (Å²) in [6, 6.07) is 5.26. The van der Waals surface area contributed by atoms with Gasteiger partial charge in [0.2, 0.25) is 0 Å². The Kier molecular flexibility index (Phi) is 5.35. The Bertz CT molecular complexity index is 430. The molecule has 6 heteroatoms. The molecule has 0 aliphatic heterocycles. The summed E-state index contributed by atoms with van der Waals surface area (Å²) in [5.74, 6) is -2.16. The van der Waals surface area contributed by atoms with Crippen molar-refractivity contribution in [2.75, 3.05) is 0 Å². The predicted molar refractivity (Wildman–Crippen MR) is 61.5 cm³/mol. The van der Waals surface area contributed by atoms with E-state index in [2.05, 4.69) is 4.74 Å². The van der Waals surface area contributed by atoms with Crippen LogP contribution < -0.4 is 6.15 Å². The molecule has 0 spiro atoms. The fraction of sp³-hybridized carbons (Fsp3) is 0.417. The first-order chi connectivity index (χ1) is 7.71. The molecule has 18 heavy (non-hydrogen) atoms. The zero-order valence-corrected chi connectivity index (χ0v) is 10.5. The smallest absolute Gasteiger partial charge is 0.451 e. The second kappa shape index (κ2) is 5.86. The number of hydrogen-bond acceptors (Lipinski definition) is 3. The summed E-state index contributed by atoms with van der Waals surface area (Å²) in [4.78, 5) is 10.7. The summed E-state index contributed by atoms with van der Waals surface area (Å²) >= 11 is 0. The molecular formula is C12H16F3NO2. The molecule has 0 saturated carbocycles. The van der Waals surface area contributed by atoms with Gasteiger partial charge in [-0.05, 0) is 31.9 Å². The minimum absolute atomic E-state index is 0. The maximum Gasteiger partial charge on any atom is 0.490 e. The van der Waals surface area contributed by atoms with Crippen molar-refractivity contribution in [3.05, 3.63) is 34.9 Å². The molecule has 0 aliphatic rings. The summed E-state index contributed by atoms with van der Waals surface area (Å²) in [5, 5.41) is 0. The highest BCUT2D eigenvalue weighted by Gasteiger charge is 2.42. The normalized spacial score (nSPS) is 12.6. The minimum atomic E-state index is -4.95. The summed E-state index contributed by atoms with van der Waals surface area (Å²) < 4.78 is 40.4. The van der Waals surface area contributed by atoms with Gasteiger partial charge >= 0.3 is 12.1 Å². The van der Waals surface area contributed by atoms with Crippen LogP contribution in [0.4, 0.5) is 13.2 Å². The lowest BCUT2D eigenvalue weighted by molar-refractivity contribution is -0.204. The summed E-state index contributed by atoms with van der Waals surface area (Å²) in [7, 11) is 0. The highest BCUT2D eigenvalue weighted by Crippen LogP contribution is 2.25. The van der Waals surface area contributed by atoms with Crippen LogP contribution in [0, 0.1) is 13.8 Å². The van der Waals surface area contributed by atoms with Crippen molar-refractivity contribution in [2.24, 2.45) is 0 Å². The number of ether oxygens (including phenoxy) is 1. The van der Waals surface area contributed by atoms with Crippen LogP contribution in [-0.4, -0.2) is 12.1 Å². The zero-order valence-electron chi connectivity index (χ0n) is 10.5. The fourth-order valence-corrected chi connectivity index (χ4v) is 1.57. The van der Waals surface area contributed by atoms with Gasteiger partial charge in [0.25, 0.3) is 0 Å². The molecule has 0 radical (unpaired) electrons. The molecule has 3 nitrogen and oxygen atoms in total. The quantitative estimate of drug-likeness (QED) is 0.829. The number of carbonyl (C=O) groups excluding carboxylic acids is 1. The highest BCUT2D eigenvalue weighted by molar-refractivity contribution is 5.75. The van der Waals surface area contributed by atoms with E-state index in [1.807, 2.05) is 13.0 Å². The molecule has 0 amide bonds. The van der Waals surface area contributed by atoms with Crippen molar-refractivity contribution < 1.29 is 22.7 Å². The second-order valence-electron chi connectivity index (χ2n) is 3.91. The first kappa shape index (κ1) is 16.4. The molecule has 3 N–H and O–H groups in total. The molecule has 0 saturated heterocycles. The third kappa shape index (κ3) is 4.03. The van der Waals surface area contributed by atoms with Gasteiger partial charge in [0.15, 0.2) is 0 Å². The maximum absolute atomic E-state index is 12.0. The molecule has 1 atom stereocenters. The molecule has 1 aromatic carbocycles. The Morgan fingerprint density at radius 1 is 1.28 bits per heavy atom. The van der Waals surface area contributed by atoms with Crippen molar-refractivity contribution in [2.45, 2.75) is 33.1 Å². The summed E-state index contributed by atoms with van der Waals surface area (Å²) in [6.45, 7) is 5.06. The van der Waals surface area contributed by atoms with Gasteiger partial charge in [-0.15, -0.1) is 0 Å².